The molecule has 1 fully saturated rings. The molecule has 3 amide bonds. The van der Waals surface area contributed by atoms with Crippen LogP contribution in [-0.4, -0.2) is 48.6 Å². The van der Waals surface area contributed by atoms with Crippen LogP contribution in [0, 0.1) is 0 Å². The molecule has 0 atom stereocenters. The predicted octanol–water partition coefficient (Wildman–Crippen LogP) is 3.12. The van der Waals surface area contributed by atoms with Crippen molar-refractivity contribution in [3.63, 3.8) is 0 Å². The number of pyridine rings is 1. The Hall–Kier alpha value is -3.61. The normalized spacial score (nSPS) is 13.8. The Kier molecular flexibility index (Phi) is 4.80. The quantitative estimate of drug-likeness (QED) is 0.742. The molecule has 1 saturated heterocycles. The maximum atomic E-state index is 12.7. The third-order valence-electron chi connectivity index (χ3n) is 4.72. The number of fused-ring (bicyclic) bond motifs is 1. The van der Waals surface area contributed by atoms with Gasteiger partial charge in [-0.15, -0.1) is 0 Å². The molecule has 0 unspecified atom stereocenters. The molecule has 2 aromatic carbocycles. The lowest BCUT2D eigenvalue weighted by molar-refractivity contribution is -0.116. The Bertz CT molecular complexity index is 1010. The van der Waals surface area contributed by atoms with Gasteiger partial charge >= 0.3 is 6.03 Å². The number of hydrogen-bond donors (Lipinski definition) is 1. The van der Waals surface area contributed by atoms with E-state index in [0.717, 1.165) is 22.3 Å². The maximum absolute atomic E-state index is 12.7. The number of aromatic nitrogens is 1. The minimum Gasteiger partial charge on any atom is -0.497 e. The number of urea groups is 1. The molecule has 0 bridgehead atoms. The van der Waals surface area contributed by atoms with Crippen molar-refractivity contribution in [1.29, 1.82) is 0 Å². The average Bonchev–Trinajstić information content (AvgIpc) is 3.08. The zero-order chi connectivity index (χ0) is 19.5. The van der Waals surface area contributed by atoms with E-state index in [1.807, 2.05) is 54.6 Å². The second-order valence-electron chi connectivity index (χ2n) is 6.48. The molecule has 1 aliphatic rings. The van der Waals surface area contributed by atoms with E-state index in [0.29, 0.717) is 18.8 Å². The fourth-order valence-corrected chi connectivity index (χ4v) is 3.30. The SMILES string of the molecule is COc1ccc(N2CCN(CC(=O)Nc3cccc4cccnc34)C2=O)cc1. The Morgan fingerprint density at radius 2 is 1.89 bits per heavy atom. The number of methoxy groups -OCH3 is 1. The van der Waals surface area contributed by atoms with Gasteiger partial charge in [-0.2, -0.15) is 0 Å². The van der Waals surface area contributed by atoms with Crippen LogP contribution in [0.5, 0.6) is 5.75 Å². The smallest absolute Gasteiger partial charge is 0.325 e. The second kappa shape index (κ2) is 7.56. The van der Waals surface area contributed by atoms with Gasteiger partial charge in [-0.05, 0) is 36.4 Å². The molecule has 7 nitrogen and oxygen atoms in total. The maximum Gasteiger partial charge on any atom is 0.325 e. The number of carbonyl (C=O) groups is 2. The fourth-order valence-electron chi connectivity index (χ4n) is 3.30. The van der Waals surface area contributed by atoms with E-state index < -0.39 is 0 Å². The summed E-state index contributed by atoms with van der Waals surface area (Å²) in [7, 11) is 1.60. The molecular weight excluding hydrogens is 356 g/mol. The summed E-state index contributed by atoms with van der Waals surface area (Å²) in [5.41, 5.74) is 2.15. The van der Waals surface area contributed by atoms with Crippen molar-refractivity contribution >= 4 is 34.2 Å². The average molecular weight is 376 g/mol. The zero-order valence-corrected chi connectivity index (χ0v) is 15.5. The first kappa shape index (κ1) is 17.8. The van der Waals surface area contributed by atoms with Crippen LogP contribution < -0.4 is 15.0 Å². The number of rotatable bonds is 5. The number of ether oxygens (including phenoxy) is 1. The number of nitrogens with one attached hydrogen (secondary N) is 1. The van der Waals surface area contributed by atoms with Gasteiger partial charge in [0.1, 0.15) is 12.3 Å². The minimum absolute atomic E-state index is 0.00525. The van der Waals surface area contributed by atoms with E-state index in [9.17, 15) is 9.59 Å². The Morgan fingerprint density at radius 3 is 2.68 bits per heavy atom. The summed E-state index contributed by atoms with van der Waals surface area (Å²) in [5, 5.41) is 3.82. The highest BCUT2D eigenvalue weighted by molar-refractivity contribution is 6.03. The Balaban J connectivity index is 1.42. The van der Waals surface area contributed by atoms with Gasteiger partial charge in [-0.3, -0.25) is 14.7 Å². The number of hydrogen-bond acceptors (Lipinski definition) is 4. The van der Waals surface area contributed by atoms with Crippen LogP contribution in [0.3, 0.4) is 0 Å². The Morgan fingerprint density at radius 1 is 1.11 bits per heavy atom. The third-order valence-corrected chi connectivity index (χ3v) is 4.72. The summed E-state index contributed by atoms with van der Waals surface area (Å²) in [6.07, 6.45) is 1.69. The van der Waals surface area contributed by atoms with Crippen LogP contribution in [0.1, 0.15) is 0 Å². The first-order chi connectivity index (χ1) is 13.7. The minimum atomic E-state index is -0.247. The van der Waals surface area contributed by atoms with Gasteiger partial charge in [0.15, 0.2) is 0 Å². The topological polar surface area (TPSA) is 74.8 Å². The highest BCUT2D eigenvalue weighted by atomic mass is 16.5. The number of nitrogens with zero attached hydrogens (tertiary/aromatic N) is 3. The molecule has 2 heterocycles. The van der Waals surface area contributed by atoms with Gasteiger partial charge < -0.3 is 15.0 Å². The van der Waals surface area contributed by atoms with Crippen LogP contribution in [0.15, 0.2) is 60.8 Å². The monoisotopic (exact) mass is 376 g/mol. The van der Waals surface area contributed by atoms with Crippen LogP contribution in [0.25, 0.3) is 10.9 Å². The first-order valence-corrected chi connectivity index (χ1v) is 9.00. The lowest BCUT2D eigenvalue weighted by atomic mass is 10.2. The molecule has 0 radical (unpaired) electrons. The fraction of sp³-hybridized carbons (Fsp3) is 0.190. The van der Waals surface area contributed by atoms with Gasteiger partial charge in [0.05, 0.1) is 18.3 Å². The van der Waals surface area contributed by atoms with Crippen LogP contribution in [0.2, 0.25) is 0 Å². The van der Waals surface area contributed by atoms with E-state index in [-0.39, 0.29) is 18.5 Å². The van der Waals surface area contributed by atoms with Crippen molar-refractivity contribution < 1.29 is 14.3 Å². The molecule has 142 valence electrons. The second-order valence-corrected chi connectivity index (χ2v) is 6.48. The highest BCUT2D eigenvalue weighted by Crippen LogP contribution is 2.24. The molecule has 3 aromatic rings. The number of benzene rings is 2. The summed E-state index contributed by atoms with van der Waals surface area (Å²) in [6, 6.07) is 16.5. The van der Waals surface area contributed by atoms with Gasteiger partial charge in [-0.1, -0.05) is 18.2 Å². The van der Waals surface area contributed by atoms with E-state index in [1.165, 1.54) is 4.90 Å². The molecule has 1 N–H and O–H groups in total. The van der Waals surface area contributed by atoms with Crippen LogP contribution >= 0.6 is 0 Å². The number of carbonyl (C=O) groups excluding carboxylic acids is 2. The van der Waals surface area contributed by atoms with Crippen molar-refractivity contribution in [2.24, 2.45) is 0 Å². The molecule has 0 spiro atoms. The van der Waals surface area contributed by atoms with Gasteiger partial charge in [-0.25, -0.2) is 4.79 Å². The lowest BCUT2D eigenvalue weighted by Gasteiger charge is -2.19. The van der Waals surface area contributed by atoms with Crippen LogP contribution in [0.4, 0.5) is 16.2 Å². The van der Waals surface area contributed by atoms with Crippen molar-refractivity contribution in [2.45, 2.75) is 0 Å². The first-order valence-electron chi connectivity index (χ1n) is 9.00. The molecular formula is C21H20N4O3. The van der Waals surface area contributed by atoms with E-state index in [2.05, 4.69) is 10.3 Å². The van der Waals surface area contributed by atoms with E-state index in [1.54, 1.807) is 18.2 Å². The van der Waals surface area contributed by atoms with Gasteiger partial charge in [0, 0.05) is 30.4 Å². The summed E-state index contributed by atoms with van der Waals surface area (Å²) in [4.78, 5) is 32.7. The molecule has 0 saturated carbocycles. The standard InChI is InChI=1S/C21H20N4O3/c1-28-17-9-7-16(8-10-17)25-13-12-24(21(25)27)14-19(26)23-18-6-2-4-15-5-3-11-22-20(15)18/h2-11H,12-14H2,1H3,(H,23,26). The zero-order valence-electron chi connectivity index (χ0n) is 15.5. The lowest BCUT2D eigenvalue weighted by Crippen LogP contribution is -2.37. The predicted molar refractivity (Wildman–Crippen MR) is 108 cm³/mol. The highest BCUT2D eigenvalue weighted by Gasteiger charge is 2.30. The number of amides is 3. The molecule has 28 heavy (non-hydrogen) atoms. The van der Waals surface area contributed by atoms with E-state index in [4.69, 9.17) is 4.74 Å². The molecule has 1 aliphatic heterocycles. The van der Waals surface area contributed by atoms with Gasteiger partial charge in [0.25, 0.3) is 0 Å². The van der Waals surface area contributed by atoms with Crippen molar-refractivity contribution in [3.8, 4) is 5.75 Å². The molecule has 1 aromatic heterocycles. The molecule has 4 rings (SSSR count). The molecule has 7 heteroatoms. The van der Waals surface area contributed by atoms with Crippen molar-refractivity contribution in [1.82, 2.24) is 9.88 Å². The summed E-state index contributed by atoms with van der Waals surface area (Å²) in [5.74, 6) is 0.485. The number of anilines is 2. The summed E-state index contributed by atoms with van der Waals surface area (Å²) < 4.78 is 5.15. The van der Waals surface area contributed by atoms with Gasteiger partial charge in [0.2, 0.25) is 5.91 Å². The van der Waals surface area contributed by atoms with Crippen LogP contribution in [-0.2, 0) is 4.79 Å². The van der Waals surface area contributed by atoms with E-state index >= 15 is 0 Å². The summed E-state index contributed by atoms with van der Waals surface area (Å²) >= 11 is 0. The van der Waals surface area contributed by atoms with Crippen molar-refractivity contribution in [2.75, 3.05) is 37.0 Å². The Labute approximate surface area is 162 Å². The third kappa shape index (κ3) is 3.46. The number of para-hydroxylation sites is 1. The summed E-state index contributed by atoms with van der Waals surface area (Å²) in [6.45, 7) is 1.02. The van der Waals surface area contributed by atoms with Crippen molar-refractivity contribution in [3.05, 3.63) is 60.8 Å². The molecule has 0 aliphatic carbocycles. The largest absolute Gasteiger partial charge is 0.497 e.